The Kier molecular flexibility index (Phi) is 6.07. The zero-order valence-corrected chi connectivity index (χ0v) is 11.6. The molecule has 0 aromatic heterocycles. The molecule has 0 bridgehead atoms. The van der Waals surface area contributed by atoms with Crippen LogP contribution in [0.5, 0.6) is 0 Å². The molecule has 0 unspecified atom stereocenters. The van der Waals surface area contributed by atoms with Crippen molar-refractivity contribution in [2.75, 3.05) is 59.9 Å². The Labute approximate surface area is 109 Å². The third-order valence-corrected chi connectivity index (χ3v) is 3.31. The Bertz CT molecular complexity index is 288. The van der Waals surface area contributed by atoms with Crippen molar-refractivity contribution in [3.8, 4) is 0 Å². The van der Waals surface area contributed by atoms with Gasteiger partial charge in [-0.05, 0) is 14.0 Å². The van der Waals surface area contributed by atoms with Gasteiger partial charge in [-0.2, -0.15) is 0 Å². The molecule has 0 saturated carbocycles. The van der Waals surface area contributed by atoms with E-state index < -0.39 is 0 Å². The number of nitrogens with one attached hydrogen (secondary N) is 1. The van der Waals surface area contributed by atoms with Crippen molar-refractivity contribution in [1.29, 1.82) is 0 Å². The van der Waals surface area contributed by atoms with Crippen LogP contribution in [0.1, 0.15) is 6.92 Å². The van der Waals surface area contributed by atoms with Gasteiger partial charge in [-0.25, -0.2) is 0 Å². The number of nitrogens with zero attached hydrogens (tertiary/aromatic N) is 3. The molecule has 0 aliphatic carbocycles. The number of hydrogen-bond acceptors (Lipinski definition) is 4. The Balaban J connectivity index is 2.19. The summed E-state index contributed by atoms with van der Waals surface area (Å²) in [4.78, 5) is 29.0. The number of amides is 2. The summed E-state index contributed by atoms with van der Waals surface area (Å²) in [6.45, 7) is 6.48. The van der Waals surface area contributed by atoms with Crippen LogP contribution >= 0.6 is 0 Å². The van der Waals surface area contributed by atoms with Gasteiger partial charge in [0.1, 0.15) is 0 Å². The lowest BCUT2D eigenvalue weighted by Crippen LogP contribution is -2.50. The quantitative estimate of drug-likeness (QED) is 0.673. The number of hydrogen-bond donors (Lipinski definition) is 1. The summed E-state index contributed by atoms with van der Waals surface area (Å²) in [6.07, 6.45) is 0. The van der Waals surface area contributed by atoms with Crippen LogP contribution in [0.25, 0.3) is 0 Å². The molecule has 1 aliphatic rings. The Morgan fingerprint density at radius 1 is 1.17 bits per heavy atom. The minimum absolute atomic E-state index is 0.0173. The van der Waals surface area contributed by atoms with Gasteiger partial charge in [0.15, 0.2) is 0 Å². The van der Waals surface area contributed by atoms with E-state index in [1.807, 2.05) is 11.8 Å². The van der Waals surface area contributed by atoms with Crippen LogP contribution in [0.15, 0.2) is 0 Å². The van der Waals surface area contributed by atoms with Crippen molar-refractivity contribution in [2.24, 2.45) is 0 Å². The molecule has 1 rings (SSSR count). The molecule has 0 atom stereocenters. The maximum atomic E-state index is 11.8. The highest BCUT2D eigenvalue weighted by atomic mass is 16.2. The Morgan fingerprint density at radius 3 is 2.33 bits per heavy atom. The largest absolute Gasteiger partial charge is 0.345 e. The van der Waals surface area contributed by atoms with Crippen molar-refractivity contribution in [3.05, 3.63) is 0 Å². The standard InChI is InChI=1S/C12H24N4O2/c1-4-15(3)11(17)9-13-10-12(18)16-7-5-14(2)6-8-16/h13H,4-10H2,1-3H3. The molecule has 1 N–H and O–H groups in total. The Hall–Kier alpha value is -1.14. The van der Waals surface area contributed by atoms with Crippen molar-refractivity contribution in [2.45, 2.75) is 6.92 Å². The smallest absolute Gasteiger partial charge is 0.236 e. The first-order valence-corrected chi connectivity index (χ1v) is 6.45. The first-order chi connectivity index (χ1) is 8.54. The van der Waals surface area contributed by atoms with E-state index in [0.29, 0.717) is 6.54 Å². The fraction of sp³-hybridized carbons (Fsp3) is 0.833. The molecule has 0 radical (unpaired) electrons. The lowest BCUT2D eigenvalue weighted by Gasteiger charge is -2.32. The maximum absolute atomic E-state index is 11.8. The number of carbonyl (C=O) groups excluding carboxylic acids is 2. The van der Waals surface area contributed by atoms with Crippen molar-refractivity contribution < 1.29 is 9.59 Å². The summed E-state index contributed by atoms with van der Waals surface area (Å²) < 4.78 is 0. The molecule has 1 saturated heterocycles. The van der Waals surface area contributed by atoms with Crippen LogP contribution in [-0.4, -0.2) is 86.4 Å². The van der Waals surface area contributed by atoms with Crippen molar-refractivity contribution in [1.82, 2.24) is 20.0 Å². The Morgan fingerprint density at radius 2 is 1.78 bits per heavy atom. The molecule has 0 aromatic rings. The maximum Gasteiger partial charge on any atom is 0.236 e. The minimum atomic E-state index is 0.0173. The predicted octanol–water partition coefficient (Wildman–Crippen LogP) is -1.17. The summed E-state index contributed by atoms with van der Waals surface area (Å²) in [5, 5.41) is 2.91. The molecule has 104 valence electrons. The van der Waals surface area contributed by atoms with Gasteiger partial charge in [0.25, 0.3) is 0 Å². The molecule has 18 heavy (non-hydrogen) atoms. The minimum Gasteiger partial charge on any atom is -0.345 e. The van der Waals surface area contributed by atoms with Gasteiger partial charge in [0, 0.05) is 39.8 Å². The van der Waals surface area contributed by atoms with Crippen LogP contribution < -0.4 is 5.32 Å². The molecular weight excluding hydrogens is 232 g/mol. The second kappa shape index (κ2) is 7.33. The SMILES string of the molecule is CCN(C)C(=O)CNCC(=O)N1CCN(C)CC1. The molecule has 1 fully saturated rings. The topological polar surface area (TPSA) is 55.9 Å². The first-order valence-electron chi connectivity index (χ1n) is 6.45. The number of piperazine rings is 1. The van der Waals surface area contributed by atoms with E-state index in [0.717, 1.165) is 26.2 Å². The molecule has 1 aliphatic heterocycles. The van der Waals surface area contributed by atoms with Crippen LogP contribution in [-0.2, 0) is 9.59 Å². The number of rotatable bonds is 5. The molecule has 0 aromatic carbocycles. The van der Waals surface area contributed by atoms with E-state index in [-0.39, 0.29) is 24.9 Å². The average molecular weight is 256 g/mol. The molecule has 6 heteroatoms. The van der Waals surface area contributed by atoms with Gasteiger partial charge >= 0.3 is 0 Å². The summed E-state index contributed by atoms with van der Waals surface area (Å²) >= 11 is 0. The first kappa shape index (κ1) is 14.9. The molecular formula is C12H24N4O2. The highest BCUT2D eigenvalue weighted by Gasteiger charge is 2.18. The van der Waals surface area contributed by atoms with Gasteiger partial charge in [0.2, 0.25) is 11.8 Å². The van der Waals surface area contributed by atoms with E-state index in [4.69, 9.17) is 0 Å². The summed E-state index contributed by atoms with van der Waals surface area (Å²) in [6, 6.07) is 0. The predicted molar refractivity (Wildman–Crippen MR) is 70.3 cm³/mol. The lowest BCUT2D eigenvalue weighted by atomic mass is 10.3. The third kappa shape index (κ3) is 4.62. The zero-order chi connectivity index (χ0) is 13.5. The summed E-state index contributed by atoms with van der Waals surface area (Å²) in [7, 11) is 3.81. The third-order valence-electron chi connectivity index (χ3n) is 3.31. The monoisotopic (exact) mass is 256 g/mol. The fourth-order valence-electron chi connectivity index (χ4n) is 1.76. The van der Waals surface area contributed by atoms with Crippen LogP contribution in [0.2, 0.25) is 0 Å². The average Bonchev–Trinajstić information content (AvgIpc) is 2.38. The number of carbonyl (C=O) groups is 2. The van der Waals surface area contributed by atoms with Gasteiger partial charge in [-0.3, -0.25) is 14.9 Å². The van der Waals surface area contributed by atoms with Crippen molar-refractivity contribution >= 4 is 11.8 Å². The van der Waals surface area contributed by atoms with Crippen LogP contribution in [0.4, 0.5) is 0 Å². The molecule has 0 spiro atoms. The molecule has 1 heterocycles. The summed E-state index contributed by atoms with van der Waals surface area (Å²) in [5.74, 6) is 0.0960. The van der Waals surface area contributed by atoms with Gasteiger partial charge < -0.3 is 14.7 Å². The van der Waals surface area contributed by atoms with Crippen molar-refractivity contribution in [3.63, 3.8) is 0 Å². The van der Waals surface area contributed by atoms with Crippen LogP contribution in [0.3, 0.4) is 0 Å². The van der Waals surface area contributed by atoms with E-state index in [1.54, 1.807) is 11.9 Å². The van der Waals surface area contributed by atoms with E-state index in [2.05, 4.69) is 17.3 Å². The second-order valence-corrected chi connectivity index (χ2v) is 4.70. The molecule has 2 amide bonds. The normalized spacial score (nSPS) is 16.7. The second-order valence-electron chi connectivity index (χ2n) is 4.70. The van der Waals surface area contributed by atoms with Gasteiger partial charge in [-0.15, -0.1) is 0 Å². The van der Waals surface area contributed by atoms with E-state index in [9.17, 15) is 9.59 Å². The lowest BCUT2D eigenvalue weighted by molar-refractivity contribution is -0.132. The van der Waals surface area contributed by atoms with Gasteiger partial charge in [-0.1, -0.05) is 0 Å². The van der Waals surface area contributed by atoms with Crippen LogP contribution in [0, 0.1) is 0 Å². The highest BCUT2D eigenvalue weighted by Crippen LogP contribution is 1.98. The highest BCUT2D eigenvalue weighted by molar-refractivity contribution is 5.81. The fourth-order valence-corrected chi connectivity index (χ4v) is 1.76. The number of likely N-dealkylation sites (N-methyl/N-ethyl adjacent to an activating group) is 2. The van der Waals surface area contributed by atoms with E-state index >= 15 is 0 Å². The van der Waals surface area contributed by atoms with E-state index in [1.165, 1.54) is 0 Å². The molecule has 6 nitrogen and oxygen atoms in total. The zero-order valence-electron chi connectivity index (χ0n) is 11.6. The summed E-state index contributed by atoms with van der Waals surface area (Å²) in [5.41, 5.74) is 0. The van der Waals surface area contributed by atoms with Gasteiger partial charge in [0.05, 0.1) is 13.1 Å².